The van der Waals surface area contributed by atoms with Gasteiger partial charge in [-0.25, -0.2) is 0 Å². The van der Waals surface area contributed by atoms with Gasteiger partial charge in [-0.15, -0.1) is 22.0 Å². The molecule has 1 aromatic carbocycles. The molecule has 0 aliphatic carbocycles. The first-order valence-electron chi connectivity index (χ1n) is 8.20. The molecule has 0 unspecified atom stereocenters. The first kappa shape index (κ1) is 20.8. The molecule has 6 nitrogen and oxygen atoms in total. The van der Waals surface area contributed by atoms with Gasteiger partial charge in [0.25, 0.3) is 0 Å². The molecular formula is C18H24ClN3O3S. The highest BCUT2D eigenvalue weighted by atomic mass is 35.5. The largest absolute Gasteiger partial charge is 0.489 e. The van der Waals surface area contributed by atoms with Gasteiger partial charge in [-0.3, -0.25) is 0 Å². The molecule has 0 bridgehead atoms. The van der Waals surface area contributed by atoms with Crippen LogP contribution in [0.1, 0.15) is 13.8 Å². The van der Waals surface area contributed by atoms with Gasteiger partial charge in [0.05, 0.1) is 5.02 Å². The Hall–Kier alpha value is -1.54. The van der Waals surface area contributed by atoms with Crippen LogP contribution < -0.4 is 14.8 Å². The molecule has 26 heavy (non-hydrogen) atoms. The van der Waals surface area contributed by atoms with Crippen LogP contribution in [-0.2, 0) is 0 Å². The third-order valence-corrected chi connectivity index (χ3v) is 4.44. The molecule has 2 rings (SSSR count). The third kappa shape index (κ3) is 6.99. The van der Waals surface area contributed by atoms with Crippen LogP contribution in [0, 0.1) is 0 Å². The minimum Gasteiger partial charge on any atom is -0.489 e. The lowest BCUT2D eigenvalue weighted by atomic mass is 10.1. The second-order valence-corrected chi connectivity index (χ2v) is 7.60. The van der Waals surface area contributed by atoms with Gasteiger partial charge in [0.15, 0.2) is 0 Å². The molecule has 0 aliphatic heterocycles. The van der Waals surface area contributed by atoms with Crippen molar-refractivity contribution in [1.82, 2.24) is 15.5 Å². The van der Waals surface area contributed by atoms with Crippen molar-refractivity contribution in [3.05, 3.63) is 41.4 Å². The van der Waals surface area contributed by atoms with Crippen LogP contribution in [0.4, 0.5) is 0 Å². The van der Waals surface area contributed by atoms with Crippen molar-refractivity contribution in [2.75, 3.05) is 26.0 Å². The minimum atomic E-state index is -0.675. The average molecular weight is 398 g/mol. The average Bonchev–Trinajstić information content (AvgIpc) is 2.65. The molecule has 8 heteroatoms. The number of ether oxygens (including phenoxy) is 2. The molecular weight excluding hydrogens is 374 g/mol. The fourth-order valence-corrected chi connectivity index (χ4v) is 2.52. The highest BCUT2D eigenvalue weighted by Crippen LogP contribution is 2.23. The fraction of sp³-hybridized carbons (Fsp3) is 0.444. The van der Waals surface area contributed by atoms with Crippen LogP contribution in [-0.4, -0.2) is 53.0 Å². The Bertz CT molecular complexity index is 686. The normalized spacial score (nSPS) is 12.7. The van der Waals surface area contributed by atoms with Crippen molar-refractivity contribution < 1.29 is 14.6 Å². The Balaban J connectivity index is 1.72. The first-order chi connectivity index (χ1) is 12.4. The number of β-amino-alcohol motifs (C(OH)–C–C–N with tert-alkyl or cyclic N) is 1. The van der Waals surface area contributed by atoms with Gasteiger partial charge in [-0.2, -0.15) is 0 Å². The van der Waals surface area contributed by atoms with Gasteiger partial charge in [-0.1, -0.05) is 23.7 Å². The highest BCUT2D eigenvalue weighted by molar-refractivity contribution is 7.98. The standard InChI is InChI=1S/C18H24ClN3O3S/c1-18(2,12-25-16-8-9-17(26-3)22-21-16)20-10-13(23)11-24-15-7-5-4-6-14(15)19/h4-9,13,20,23H,10-12H2,1-3H3/t13-/m0/s1. The summed E-state index contributed by atoms with van der Waals surface area (Å²) in [6, 6.07) is 10.8. The molecule has 1 atom stereocenters. The van der Waals surface area contributed by atoms with E-state index in [4.69, 9.17) is 21.1 Å². The molecule has 1 aromatic heterocycles. The Morgan fingerprint density at radius 3 is 2.62 bits per heavy atom. The Kier molecular flexibility index (Phi) is 7.96. The van der Waals surface area contributed by atoms with Gasteiger partial charge in [0, 0.05) is 18.2 Å². The van der Waals surface area contributed by atoms with E-state index in [1.165, 1.54) is 11.8 Å². The predicted molar refractivity (Wildman–Crippen MR) is 104 cm³/mol. The van der Waals surface area contributed by atoms with Crippen LogP contribution in [0.5, 0.6) is 11.6 Å². The van der Waals surface area contributed by atoms with E-state index >= 15 is 0 Å². The molecule has 0 fully saturated rings. The summed E-state index contributed by atoms with van der Waals surface area (Å²) in [5, 5.41) is 22.8. The van der Waals surface area contributed by atoms with E-state index in [9.17, 15) is 5.11 Å². The maximum atomic E-state index is 10.1. The number of aromatic nitrogens is 2. The zero-order chi connectivity index (χ0) is 19.0. The van der Waals surface area contributed by atoms with Gasteiger partial charge in [0.1, 0.15) is 30.1 Å². The second kappa shape index (κ2) is 9.97. The van der Waals surface area contributed by atoms with Gasteiger partial charge in [0.2, 0.25) is 5.88 Å². The molecule has 142 valence electrons. The summed E-state index contributed by atoms with van der Waals surface area (Å²) in [7, 11) is 0. The van der Waals surface area contributed by atoms with E-state index in [0.717, 1.165) is 5.03 Å². The van der Waals surface area contributed by atoms with Gasteiger partial charge < -0.3 is 19.9 Å². The Morgan fingerprint density at radius 1 is 1.19 bits per heavy atom. The molecule has 0 saturated heterocycles. The third-order valence-electron chi connectivity index (χ3n) is 3.49. The number of halogens is 1. The lowest BCUT2D eigenvalue weighted by molar-refractivity contribution is 0.0923. The van der Waals surface area contributed by atoms with Gasteiger partial charge in [-0.05, 0) is 38.3 Å². The maximum Gasteiger partial charge on any atom is 0.233 e. The van der Waals surface area contributed by atoms with E-state index in [2.05, 4.69) is 15.5 Å². The van der Waals surface area contributed by atoms with E-state index in [0.29, 0.717) is 29.8 Å². The smallest absolute Gasteiger partial charge is 0.233 e. The van der Waals surface area contributed by atoms with Crippen LogP contribution >= 0.6 is 23.4 Å². The number of nitrogens with one attached hydrogen (secondary N) is 1. The van der Waals surface area contributed by atoms with Crippen molar-refractivity contribution in [1.29, 1.82) is 0 Å². The molecule has 1 heterocycles. The maximum absolute atomic E-state index is 10.1. The monoisotopic (exact) mass is 397 g/mol. The number of aliphatic hydroxyl groups excluding tert-OH is 1. The summed E-state index contributed by atoms with van der Waals surface area (Å²) in [5.41, 5.74) is -0.356. The lowest BCUT2D eigenvalue weighted by Gasteiger charge is -2.27. The van der Waals surface area contributed by atoms with E-state index < -0.39 is 6.10 Å². The zero-order valence-corrected chi connectivity index (χ0v) is 16.7. The molecule has 0 spiro atoms. The van der Waals surface area contributed by atoms with Crippen molar-refractivity contribution in [2.45, 2.75) is 30.5 Å². The van der Waals surface area contributed by atoms with Crippen LogP contribution in [0.2, 0.25) is 5.02 Å². The number of para-hydroxylation sites is 1. The number of rotatable bonds is 10. The van der Waals surface area contributed by atoms with E-state index in [1.807, 2.05) is 38.3 Å². The van der Waals surface area contributed by atoms with Crippen LogP contribution in [0.3, 0.4) is 0 Å². The molecule has 2 N–H and O–H groups in total. The summed E-state index contributed by atoms with van der Waals surface area (Å²) in [6.07, 6.45) is 1.27. The number of thioether (sulfide) groups is 1. The number of nitrogens with zero attached hydrogens (tertiary/aromatic N) is 2. The summed E-state index contributed by atoms with van der Waals surface area (Å²) in [6.45, 7) is 4.86. The predicted octanol–water partition coefficient (Wildman–Crippen LogP) is 3.04. The summed E-state index contributed by atoms with van der Waals surface area (Å²) >= 11 is 7.55. The van der Waals surface area contributed by atoms with E-state index in [1.54, 1.807) is 18.2 Å². The Labute approximate surface area is 163 Å². The number of hydrogen-bond acceptors (Lipinski definition) is 7. The molecule has 2 aromatic rings. The molecule has 0 radical (unpaired) electrons. The molecule has 0 amide bonds. The van der Waals surface area contributed by atoms with E-state index in [-0.39, 0.29) is 12.1 Å². The van der Waals surface area contributed by atoms with Crippen molar-refractivity contribution in [2.24, 2.45) is 0 Å². The van der Waals surface area contributed by atoms with Crippen LogP contribution in [0.15, 0.2) is 41.4 Å². The summed E-state index contributed by atoms with van der Waals surface area (Å²) in [4.78, 5) is 0. The first-order valence-corrected chi connectivity index (χ1v) is 9.81. The highest BCUT2D eigenvalue weighted by Gasteiger charge is 2.20. The van der Waals surface area contributed by atoms with Crippen LogP contribution in [0.25, 0.3) is 0 Å². The second-order valence-electron chi connectivity index (χ2n) is 6.36. The molecule has 0 aliphatic rings. The number of aliphatic hydroxyl groups is 1. The van der Waals surface area contributed by atoms with Crippen molar-refractivity contribution in [3.8, 4) is 11.6 Å². The lowest BCUT2D eigenvalue weighted by Crippen LogP contribution is -2.48. The van der Waals surface area contributed by atoms with Crippen molar-refractivity contribution in [3.63, 3.8) is 0 Å². The Morgan fingerprint density at radius 2 is 1.96 bits per heavy atom. The molecule has 0 saturated carbocycles. The summed E-state index contributed by atoms with van der Waals surface area (Å²) in [5.74, 6) is 1.03. The zero-order valence-electron chi connectivity index (χ0n) is 15.1. The minimum absolute atomic E-state index is 0.148. The fourth-order valence-electron chi connectivity index (χ4n) is 2.00. The number of benzene rings is 1. The topological polar surface area (TPSA) is 76.5 Å². The SMILES string of the molecule is CSc1ccc(OCC(C)(C)NC[C@H](O)COc2ccccc2Cl)nn1. The quantitative estimate of drug-likeness (QED) is 0.596. The van der Waals surface area contributed by atoms with Crippen molar-refractivity contribution >= 4 is 23.4 Å². The van der Waals surface area contributed by atoms with Gasteiger partial charge >= 0.3 is 0 Å². The number of hydrogen-bond donors (Lipinski definition) is 2. The summed E-state index contributed by atoms with van der Waals surface area (Å²) < 4.78 is 11.2.